The van der Waals surface area contributed by atoms with Crippen molar-refractivity contribution in [2.24, 2.45) is 5.92 Å². The van der Waals surface area contributed by atoms with Gasteiger partial charge in [-0.25, -0.2) is 0 Å². The van der Waals surface area contributed by atoms with Crippen LogP contribution in [0.3, 0.4) is 0 Å². The van der Waals surface area contributed by atoms with Crippen molar-refractivity contribution < 1.29 is 0 Å². The normalized spacial score (nSPS) is 22.2. The van der Waals surface area contributed by atoms with Crippen LogP contribution in [-0.2, 0) is 12.0 Å². The first kappa shape index (κ1) is 10.7. The molecule has 2 rings (SSSR count). The molecule has 1 aliphatic rings. The van der Waals surface area contributed by atoms with Crippen molar-refractivity contribution in [3.05, 3.63) is 18.0 Å². The fourth-order valence-electron chi connectivity index (χ4n) is 2.05. The summed E-state index contributed by atoms with van der Waals surface area (Å²) >= 11 is 0. The fraction of sp³-hybridized carbons (Fsp3) is 0.750. The molecule has 84 valence electrons. The molecule has 1 fully saturated rings. The summed E-state index contributed by atoms with van der Waals surface area (Å²) in [4.78, 5) is 0. The van der Waals surface area contributed by atoms with Gasteiger partial charge in [0.2, 0.25) is 0 Å². The molecule has 0 spiro atoms. The summed E-state index contributed by atoms with van der Waals surface area (Å²) in [5, 5.41) is 7.83. The van der Waals surface area contributed by atoms with Gasteiger partial charge in [-0.05, 0) is 58.2 Å². The van der Waals surface area contributed by atoms with Crippen LogP contribution < -0.4 is 5.32 Å². The van der Waals surface area contributed by atoms with Crippen LogP contribution in [0.2, 0.25) is 0 Å². The van der Waals surface area contributed by atoms with E-state index in [-0.39, 0.29) is 5.54 Å². The predicted octanol–water partition coefficient (Wildman–Crippen LogP) is 1.79. The summed E-state index contributed by atoms with van der Waals surface area (Å²) in [5.41, 5.74) is 1.48. The summed E-state index contributed by atoms with van der Waals surface area (Å²) in [6, 6.07) is 0. The zero-order chi connectivity index (χ0) is 10.9. The Morgan fingerprint density at radius 3 is 2.87 bits per heavy atom. The molecule has 3 nitrogen and oxygen atoms in total. The number of nitrogens with one attached hydrogen (secondary N) is 1. The van der Waals surface area contributed by atoms with E-state index in [1.807, 2.05) is 6.20 Å². The van der Waals surface area contributed by atoms with E-state index in [0.717, 1.165) is 5.92 Å². The number of aromatic nitrogens is 2. The summed E-state index contributed by atoms with van der Waals surface area (Å²) in [5.74, 6) is 0.808. The van der Waals surface area contributed by atoms with Gasteiger partial charge in [0.05, 0.1) is 11.7 Å². The van der Waals surface area contributed by atoms with Gasteiger partial charge in [0.1, 0.15) is 0 Å². The van der Waals surface area contributed by atoms with E-state index in [9.17, 15) is 0 Å². The third-order valence-electron chi connectivity index (χ3n) is 3.01. The Morgan fingerprint density at radius 2 is 2.33 bits per heavy atom. The molecule has 3 heteroatoms. The molecule has 0 aliphatic carbocycles. The lowest BCUT2D eigenvalue weighted by atomic mass is 10.0. The highest BCUT2D eigenvalue weighted by Gasteiger charge is 2.18. The number of rotatable bonds is 2. The molecule has 1 atom stereocenters. The van der Waals surface area contributed by atoms with Crippen molar-refractivity contribution in [1.82, 2.24) is 15.1 Å². The van der Waals surface area contributed by atoms with E-state index in [2.05, 4.69) is 42.1 Å². The second kappa shape index (κ2) is 3.97. The van der Waals surface area contributed by atoms with Crippen molar-refractivity contribution >= 4 is 0 Å². The Balaban J connectivity index is 2.00. The fourth-order valence-corrected chi connectivity index (χ4v) is 2.05. The van der Waals surface area contributed by atoms with E-state index in [4.69, 9.17) is 0 Å². The van der Waals surface area contributed by atoms with Crippen LogP contribution in [0.25, 0.3) is 0 Å². The minimum absolute atomic E-state index is 0.103. The number of hydrogen-bond donors (Lipinski definition) is 1. The van der Waals surface area contributed by atoms with Crippen LogP contribution in [-0.4, -0.2) is 22.9 Å². The molecule has 1 saturated heterocycles. The Labute approximate surface area is 91.9 Å². The minimum atomic E-state index is 0.103. The maximum Gasteiger partial charge on any atom is 0.0543 e. The quantitative estimate of drug-likeness (QED) is 0.801. The molecule has 2 heterocycles. The Bertz CT molecular complexity index is 316. The second-order valence-corrected chi connectivity index (χ2v) is 5.53. The summed E-state index contributed by atoms with van der Waals surface area (Å²) in [7, 11) is 0. The van der Waals surface area contributed by atoms with Gasteiger partial charge in [-0.3, -0.25) is 4.68 Å². The first-order valence-corrected chi connectivity index (χ1v) is 5.80. The maximum atomic E-state index is 4.43. The number of hydrogen-bond acceptors (Lipinski definition) is 2. The van der Waals surface area contributed by atoms with Crippen molar-refractivity contribution in [2.45, 2.75) is 39.2 Å². The molecule has 0 radical (unpaired) electrons. The zero-order valence-corrected chi connectivity index (χ0v) is 9.95. The van der Waals surface area contributed by atoms with Crippen molar-refractivity contribution in [2.75, 3.05) is 13.1 Å². The molecule has 15 heavy (non-hydrogen) atoms. The number of nitrogens with zero attached hydrogens (tertiary/aromatic N) is 2. The van der Waals surface area contributed by atoms with Crippen LogP contribution in [0.1, 0.15) is 32.8 Å². The van der Waals surface area contributed by atoms with Crippen LogP contribution in [0.4, 0.5) is 0 Å². The Morgan fingerprint density at radius 1 is 1.53 bits per heavy atom. The lowest BCUT2D eigenvalue weighted by molar-refractivity contribution is 0.355. The van der Waals surface area contributed by atoms with Gasteiger partial charge in [0.15, 0.2) is 0 Å². The molecule has 1 N–H and O–H groups in total. The molecule has 1 aliphatic heterocycles. The van der Waals surface area contributed by atoms with Gasteiger partial charge in [-0.1, -0.05) is 0 Å². The SMILES string of the molecule is CC(C)(C)n1cc(CC2CCNC2)cn1. The van der Waals surface area contributed by atoms with Gasteiger partial charge in [-0.15, -0.1) is 0 Å². The molecule has 0 bridgehead atoms. The average molecular weight is 207 g/mol. The van der Waals surface area contributed by atoms with E-state index in [1.165, 1.54) is 31.5 Å². The monoisotopic (exact) mass is 207 g/mol. The van der Waals surface area contributed by atoms with E-state index in [1.54, 1.807) is 0 Å². The first-order chi connectivity index (χ1) is 7.05. The Kier molecular flexibility index (Phi) is 2.83. The first-order valence-electron chi connectivity index (χ1n) is 5.80. The summed E-state index contributed by atoms with van der Waals surface area (Å²) in [6.07, 6.45) is 6.69. The highest BCUT2D eigenvalue weighted by Crippen LogP contribution is 2.17. The van der Waals surface area contributed by atoms with Crippen LogP contribution in [0.15, 0.2) is 12.4 Å². The third-order valence-corrected chi connectivity index (χ3v) is 3.01. The topological polar surface area (TPSA) is 29.9 Å². The highest BCUT2D eigenvalue weighted by molar-refractivity contribution is 5.07. The van der Waals surface area contributed by atoms with Gasteiger partial charge >= 0.3 is 0 Å². The van der Waals surface area contributed by atoms with Crippen molar-refractivity contribution in [3.8, 4) is 0 Å². The maximum absolute atomic E-state index is 4.43. The average Bonchev–Trinajstić information content (AvgIpc) is 2.73. The molecule has 0 amide bonds. The molecule has 0 aromatic carbocycles. The van der Waals surface area contributed by atoms with Crippen molar-refractivity contribution in [3.63, 3.8) is 0 Å². The highest BCUT2D eigenvalue weighted by atomic mass is 15.3. The molecule has 1 unspecified atom stereocenters. The second-order valence-electron chi connectivity index (χ2n) is 5.53. The summed E-state index contributed by atoms with van der Waals surface area (Å²) in [6.45, 7) is 8.89. The van der Waals surface area contributed by atoms with Crippen LogP contribution in [0.5, 0.6) is 0 Å². The van der Waals surface area contributed by atoms with E-state index < -0.39 is 0 Å². The van der Waals surface area contributed by atoms with Gasteiger partial charge < -0.3 is 5.32 Å². The molecular formula is C12H21N3. The van der Waals surface area contributed by atoms with Gasteiger partial charge in [0, 0.05) is 6.20 Å². The lowest BCUT2D eigenvalue weighted by Crippen LogP contribution is -2.22. The predicted molar refractivity (Wildman–Crippen MR) is 61.9 cm³/mol. The standard InChI is InChI=1S/C12H21N3/c1-12(2,3)15-9-11(8-14-15)6-10-4-5-13-7-10/h8-10,13H,4-7H2,1-3H3. The minimum Gasteiger partial charge on any atom is -0.316 e. The molecule has 0 saturated carbocycles. The smallest absolute Gasteiger partial charge is 0.0543 e. The lowest BCUT2D eigenvalue weighted by Gasteiger charge is -2.18. The largest absolute Gasteiger partial charge is 0.316 e. The zero-order valence-electron chi connectivity index (χ0n) is 9.95. The van der Waals surface area contributed by atoms with Gasteiger partial charge in [0.25, 0.3) is 0 Å². The molecule has 1 aromatic heterocycles. The van der Waals surface area contributed by atoms with E-state index >= 15 is 0 Å². The van der Waals surface area contributed by atoms with Gasteiger partial charge in [-0.2, -0.15) is 5.10 Å². The molecule has 1 aromatic rings. The van der Waals surface area contributed by atoms with Crippen LogP contribution in [0, 0.1) is 5.92 Å². The third kappa shape index (κ3) is 2.59. The van der Waals surface area contributed by atoms with E-state index in [0.29, 0.717) is 0 Å². The van der Waals surface area contributed by atoms with Crippen molar-refractivity contribution in [1.29, 1.82) is 0 Å². The Hall–Kier alpha value is -0.830. The molecular weight excluding hydrogens is 186 g/mol. The van der Waals surface area contributed by atoms with Crippen LogP contribution >= 0.6 is 0 Å². The summed E-state index contributed by atoms with van der Waals surface area (Å²) < 4.78 is 2.06.